The first-order chi connectivity index (χ1) is 22.0. The van der Waals surface area contributed by atoms with Gasteiger partial charge in [-0.2, -0.15) is 8.78 Å². The van der Waals surface area contributed by atoms with Crippen LogP contribution in [0.25, 0.3) is 0 Å². The number of aromatic nitrogens is 6. The van der Waals surface area contributed by atoms with Crippen LogP contribution in [0, 0.1) is 11.6 Å². The first-order valence-corrected chi connectivity index (χ1v) is 13.4. The predicted octanol–water partition coefficient (Wildman–Crippen LogP) is 4.58. The Labute approximate surface area is 259 Å². The van der Waals surface area contributed by atoms with Crippen LogP contribution in [0.15, 0.2) is 48.8 Å². The summed E-state index contributed by atoms with van der Waals surface area (Å²) in [6.45, 7) is -0.199. The quantitative estimate of drug-likeness (QED) is 0.185. The highest BCUT2D eigenvalue weighted by Gasteiger charge is 2.31. The Kier molecular flexibility index (Phi) is 10.6. The summed E-state index contributed by atoms with van der Waals surface area (Å²) in [5.74, 6) is -4.44. The molecule has 1 atom stereocenters. The molecular weight excluding hydrogens is 652 g/mol. The summed E-state index contributed by atoms with van der Waals surface area (Å²) < 4.78 is 116. The number of nitrogens with one attached hydrogen (secondary N) is 2. The van der Waals surface area contributed by atoms with E-state index in [1.165, 1.54) is 17.1 Å². The van der Waals surface area contributed by atoms with E-state index >= 15 is 0 Å². The highest BCUT2D eigenvalue weighted by molar-refractivity contribution is 5.92. The number of rotatable bonds is 14. The van der Waals surface area contributed by atoms with Crippen molar-refractivity contribution in [2.45, 2.75) is 58.0 Å². The molecule has 12 nitrogen and oxygen atoms in total. The number of ether oxygens (including phenoxy) is 2. The van der Waals surface area contributed by atoms with Gasteiger partial charge >= 0.3 is 12.5 Å². The summed E-state index contributed by atoms with van der Waals surface area (Å²) in [5, 5.41) is 19.4. The van der Waals surface area contributed by atoms with Crippen molar-refractivity contribution in [3.63, 3.8) is 0 Å². The first kappa shape index (κ1) is 34.6. The van der Waals surface area contributed by atoms with Crippen molar-refractivity contribution in [1.82, 2.24) is 35.3 Å². The van der Waals surface area contributed by atoms with Crippen molar-refractivity contribution in [3.05, 3.63) is 77.2 Å². The monoisotopic (exact) mass is 676 g/mol. The van der Waals surface area contributed by atoms with Crippen LogP contribution in [0.3, 0.4) is 0 Å². The molecule has 2 heterocycles. The second-order valence-electron chi connectivity index (χ2n) is 9.95. The van der Waals surface area contributed by atoms with E-state index < -0.39 is 54.3 Å². The van der Waals surface area contributed by atoms with Gasteiger partial charge in [-0.3, -0.25) is 14.3 Å². The summed E-state index contributed by atoms with van der Waals surface area (Å²) in [5.41, 5.74) is -0.670. The number of nitrogens with zero attached hydrogens (tertiary/aromatic N) is 6. The summed E-state index contributed by atoms with van der Waals surface area (Å²) in [6.07, 6.45) is -8.39. The van der Waals surface area contributed by atoms with Crippen molar-refractivity contribution in [2.75, 3.05) is 5.32 Å². The maximum atomic E-state index is 14.6. The Hall–Kier alpha value is -5.30. The zero-order valence-electron chi connectivity index (χ0n) is 24.1. The van der Waals surface area contributed by atoms with Crippen molar-refractivity contribution in [3.8, 4) is 11.5 Å². The van der Waals surface area contributed by atoms with Crippen LogP contribution in [-0.4, -0.2) is 60.4 Å². The van der Waals surface area contributed by atoms with Crippen LogP contribution in [0.1, 0.15) is 35.0 Å². The largest absolute Gasteiger partial charge is 0.573 e. The van der Waals surface area contributed by atoms with Gasteiger partial charge in [0.25, 0.3) is 5.91 Å². The number of alkyl halides is 6. The van der Waals surface area contributed by atoms with E-state index in [1.54, 1.807) is 0 Å². The molecule has 0 bridgehead atoms. The average Bonchev–Trinajstić information content (AvgIpc) is 3.62. The Morgan fingerprint density at radius 1 is 0.894 bits per heavy atom. The lowest BCUT2D eigenvalue weighted by atomic mass is 10.1. The molecule has 1 unspecified atom stereocenters. The van der Waals surface area contributed by atoms with E-state index in [0.29, 0.717) is 6.92 Å². The van der Waals surface area contributed by atoms with Crippen LogP contribution in [0.5, 0.6) is 11.5 Å². The van der Waals surface area contributed by atoms with Crippen molar-refractivity contribution in [1.29, 1.82) is 0 Å². The van der Waals surface area contributed by atoms with Gasteiger partial charge in [0.15, 0.2) is 11.5 Å². The number of anilines is 1. The number of hydrogen-bond donors (Lipinski definition) is 2. The average molecular weight is 677 g/mol. The minimum absolute atomic E-state index is 0.0261. The number of carbonyl (C=O) groups is 2. The molecule has 47 heavy (non-hydrogen) atoms. The molecule has 2 N–H and O–H groups in total. The highest BCUT2D eigenvalue weighted by atomic mass is 19.4. The third kappa shape index (κ3) is 10.9. The van der Waals surface area contributed by atoms with Crippen LogP contribution in [0.2, 0.25) is 0 Å². The van der Waals surface area contributed by atoms with Gasteiger partial charge in [0.05, 0.1) is 25.4 Å². The lowest BCUT2D eigenvalue weighted by Gasteiger charge is -2.14. The van der Waals surface area contributed by atoms with Gasteiger partial charge in [0, 0.05) is 37.6 Å². The summed E-state index contributed by atoms with van der Waals surface area (Å²) in [6, 6.07) is 5.15. The summed E-state index contributed by atoms with van der Waals surface area (Å²) >= 11 is 0. The standard InChI is InChI=1S/C27H24F8N8O4/c1-26(31,32)46-18-2-5-21(30)16(9-18)11-36-25(45)22-13-42(40-38-22)7-6-17(28)12-43-14-23(39-41-43)37-24(44)10-15-8-19(3-4-20(15)29)47-27(33,34)35/h2-5,8-9,13-14,17H,6-7,10-12H2,1H3,(H,36,45)(H,37,44). The number of amides is 2. The van der Waals surface area contributed by atoms with E-state index in [1.807, 2.05) is 0 Å². The van der Waals surface area contributed by atoms with Gasteiger partial charge in [-0.05, 0) is 36.4 Å². The molecule has 2 amide bonds. The molecule has 0 aliphatic heterocycles. The molecule has 252 valence electrons. The fourth-order valence-corrected chi connectivity index (χ4v) is 3.99. The molecule has 2 aromatic heterocycles. The molecule has 20 heteroatoms. The normalized spacial score (nSPS) is 12.4. The van der Waals surface area contributed by atoms with Crippen LogP contribution in [-0.2, 0) is 30.8 Å². The molecule has 0 saturated carbocycles. The lowest BCUT2D eigenvalue weighted by molar-refractivity contribution is -0.274. The fourth-order valence-electron chi connectivity index (χ4n) is 3.99. The Bertz CT molecular complexity index is 1710. The minimum Gasteiger partial charge on any atom is -0.433 e. The topological polar surface area (TPSA) is 138 Å². The fraction of sp³-hybridized carbons (Fsp3) is 0.333. The predicted molar refractivity (Wildman–Crippen MR) is 144 cm³/mol. The van der Waals surface area contributed by atoms with Crippen molar-refractivity contribution in [2.24, 2.45) is 0 Å². The Morgan fingerprint density at radius 2 is 1.53 bits per heavy atom. The number of halogens is 8. The third-order valence-corrected chi connectivity index (χ3v) is 5.99. The smallest absolute Gasteiger partial charge is 0.433 e. The van der Waals surface area contributed by atoms with E-state index in [9.17, 15) is 44.7 Å². The van der Waals surface area contributed by atoms with E-state index in [-0.39, 0.29) is 54.4 Å². The lowest BCUT2D eigenvalue weighted by Crippen LogP contribution is -2.24. The van der Waals surface area contributed by atoms with E-state index in [2.05, 4.69) is 40.7 Å². The van der Waals surface area contributed by atoms with Crippen LogP contribution >= 0.6 is 0 Å². The second kappa shape index (κ2) is 14.4. The Balaban J connectivity index is 1.22. The van der Waals surface area contributed by atoms with Gasteiger partial charge in [0.2, 0.25) is 5.91 Å². The Morgan fingerprint density at radius 3 is 2.21 bits per heavy atom. The van der Waals surface area contributed by atoms with Gasteiger partial charge in [0.1, 0.15) is 29.3 Å². The zero-order chi connectivity index (χ0) is 34.4. The molecule has 0 radical (unpaired) electrons. The van der Waals surface area contributed by atoms with E-state index in [4.69, 9.17) is 0 Å². The molecule has 0 fully saturated rings. The third-order valence-electron chi connectivity index (χ3n) is 5.99. The second-order valence-corrected chi connectivity index (χ2v) is 9.95. The zero-order valence-corrected chi connectivity index (χ0v) is 24.1. The van der Waals surface area contributed by atoms with Gasteiger partial charge in [-0.1, -0.05) is 10.4 Å². The molecule has 0 saturated heterocycles. The summed E-state index contributed by atoms with van der Waals surface area (Å²) in [7, 11) is 0. The van der Waals surface area contributed by atoms with Gasteiger partial charge in [-0.25, -0.2) is 17.9 Å². The van der Waals surface area contributed by atoms with Crippen LogP contribution < -0.4 is 20.1 Å². The number of carbonyl (C=O) groups excluding carboxylic acids is 2. The SMILES string of the molecule is CC(F)(F)Oc1ccc(F)c(CNC(=O)c2cn(CCC(F)Cn3cc(NC(=O)Cc4cc(OC(F)(F)F)ccc4F)nn3)nn2)c1. The molecule has 0 aliphatic rings. The number of hydrogen-bond acceptors (Lipinski definition) is 8. The van der Waals surface area contributed by atoms with Crippen LogP contribution in [0.4, 0.5) is 40.9 Å². The highest BCUT2D eigenvalue weighted by Crippen LogP contribution is 2.26. The molecular formula is C27H24F8N8O4. The minimum atomic E-state index is -5.00. The number of benzene rings is 2. The van der Waals surface area contributed by atoms with Gasteiger partial charge < -0.3 is 20.1 Å². The molecule has 4 aromatic rings. The maximum Gasteiger partial charge on any atom is 0.573 e. The van der Waals surface area contributed by atoms with Gasteiger partial charge in [-0.15, -0.1) is 23.4 Å². The first-order valence-electron chi connectivity index (χ1n) is 13.4. The van der Waals surface area contributed by atoms with E-state index in [0.717, 1.165) is 41.1 Å². The van der Waals surface area contributed by atoms with Crippen molar-refractivity contribution >= 4 is 17.6 Å². The molecule has 2 aromatic carbocycles. The molecule has 4 rings (SSSR count). The van der Waals surface area contributed by atoms with Crippen molar-refractivity contribution < 1.29 is 54.2 Å². The summed E-state index contributed by atoms with van der Waals surface area (Å²) in [4.78, 5) is 24.7. The molecule has 0 aliphatic carbocycles. The molecule has 0 spiro atoms. The maximum absolute atomic E-state index is 14.6. The number of aryl methyl sites for hydroxylation is 1.